The Hall–Kier alpha value is -3.76. The number of nitrogens with zero attached hydrogens (tertiary/aromatic N) is 3. The first-order chi connectivity index (χ1) is 14.8. The number of alkyl halides is 3. The van der Waals surface area contributed by atoms with Crippen molar-refractivity contribution in [3.8, 4) is 28.6 Å². The number of halogens is 3. The minimum Gasteiger partial charge on any atom is -0.497 e. The Balaban J connectivity index is 1.82. The molecule has 0 unspecified atom stereocenters. The Morgan fingerprint density at radius 2 is 1.74 bits per heavy atom. The molecule has 0 spiro atoms. The van der Waals surface area contributed by atoms with E-state index in [9.17, 15) is 18.0 Å². The first kappa shape index (κ1) is 21.9. The zero-order chi connectivity index (χ0) is 22.4. The summed E-state index contributed by atoms with van der Waals surface area (Å²) in [6.07, 6.45) is -4.14. The Labute approximate surface area is 175 Å². The number of nitrogens with two attached hydrogens (primary N) is 1. The van der Waals surface area contributed by atoms with Gasteiger partial charge >= 0.3 is 12.2 Å². The van der Waals surface area contributed by atoms with E-state index in [4.69, 9.17) is 15.2 Å². The Morgan fingerprint density at radius 1 is 1.10 bits per heavy atom. The lowest BCUT2D eigenvalue weighted by atomic mass is 10.2. The van der Waals surface area contributed by atoms with Crippen molar-refractivity contribution >= 4 is 6.03 Å². The maximum absolute atomic E-state index is 13.2. The Bertz CT molecular complexity index is 1020. The molecule has 2 aromatic carbocycles. The number of carbonyl (C=O) groups is 1. The summed E-state index contributed by atoms with van der Waals surface area (Å²) >= 11 is 0. The highest BCUT2D eigenvalue weighted by atomic mass is 19.4. The molecular formula is C20H20F3N5O3. The summed E-state index contributed by atoms with van der Waals surface area (Å²) in [7, 11) is 1.50. The van der Waals surface area contributed by atoms with Gasteiger partial charge in [0.05, 0.1) is 19.4 Å². The van der Waals surface area contributed by atoms with Crippen molar-refractivity contribution in [2.45, 2.75) is 12.6 Å². The van der Waals surface area contributed by atoms with Gasteiger partial charge in [0.1, 0.15) is 11.5 Å². The average Bonchev–Trinajstić information content (AvgIpc) is 3.20. The summed E-state index contributed by atoms with van der Waals surface area (Å²) < 4.78 is 51.5. The highest BCUT2D eigenvalue weighted by molar-refractivity contribution is 5.71. The maximum atomic E-state index is 13.2. The van der Waals surface area contributed by atoms with Crippen LogP contribution in [0.15, 0.2) is 48.5 Å². The molecule has 0 fully saturated rings. The molecule has 0 saturated heterocycles. The van der Waals surface area contributed by atoms with E-state index >= 15 is 0 Å². The van der Waals surface area contributed by atoms with Crippen LogP contribution < -0.4 is 20.5 Å². The number of benzene rings is 2. The second kappa shape index (κ2) is 9.37. The molecule has 1 aromatic heterocycles. The third-order valence-electron chi connectivity index (χ3n) is 4.18. The summed E-state index contributed by atoms with van der Waals surface area (Å²) in [5, 5.41) is 6.10. The third kappa shape index (κ3) is 5.65. The molecule has 8 nitrogen and oxygen atoms in total. The van der Waals surface area contributed by atoms with Crippen LogP contribution in [0.25, 0.3) is 17.1 Å². The van der Waals surface area contributed by atoms with Crippen LogP contribution in [0.4, 0.5) is 18.0 Å². The molecular weight excluding hydrogens is 415 g/mol. The van der Waals surface area contributed by atoms with Crippen LogP contribution in [0, 0.1) is 0 Å². The predicted octanol–water partition coefficient (Wildman–Crippen LogP) is 3.40. The van der Waals surface area contributed by atoms with Crippen molar-refractivity contribution in [2.24, 2.45) is 5.73 Å². The SMILES string of the molecule is COc1ccc(-n2nc(C(F)(F)F)nc2-c2ccc(OCCCNC(N)=O)cc2)cc1. The van der Waals surface area contributed by atoms with E-state index in [2.05, 4.69) is 15.4 Å². The number of ether oxygens (including phenoxy) is 2. The van der Waals surface area contributed by atoms with Gasteiger partial charge in [-0.15, -0.1) is 5.10 Å². The fraction of sp³-hybridized carbons (Fsp3) is 0.250. The number of rotatable bonds is 8. The molecule has 3 rings (SSSR count). The summed E-state index contributed by atoms with van der Waals surface area (Å²) in [5.41, 5.74) is 5.81. The van der Waals surface area contributed by atoms with Crippen LogP contribution in [0.5, 0.6) is 11.5 Å². The molecule has 3 N–H and O–H groups in total. The summed E-state index contributed by atoms with van der Waals surface area (Å²) in [5.74, 6) is -0.112. The van der Waals surface area contributed by atoms with Gasteiger partial charge in [0.25, 0.3) is 5.82 Å². The van der Waals surface area contributed by atoms with Gasteiger partial charge in [-0.2, -0.15) is 13.2 Å². The zero-order valence-corrected chi connectivity index (χ0v) is 16.5. The van der Waals surface area contributed by atoms with Crippen molar-refractivity contribution in [3.05, 3.63) is 54.4 Å². The first-order valence-corrected chi connectivity index (χ1v) is 9.23. The topological polar surface area (TPSA) is 104 Å². The second-order valence-electron chi connectivity index (χ2n) is 6.38. The molecule has 31 heavy (non-hydrogen) atoms. The normalized spacial score (nSPS) is 11.2. The van der Waals surface area contributed by atoms with E-state index in [-0.39, 0.29) is 5.82 Å². The molecule has 11 heteroatoms. The predicted molar refractivity (Wildman–Crippen MR) is 106 cm³/mol. The van der Waals surface area contributed by atoms with Gasteiger partial charge in [-0.05, 0) is 55.0 Å². The zero-order valence-electron chi connectivity index (χ0n) is 16.5. The Morgan fingerprint density at radius 3 is 2.32 bits per heavy atom. The van der Waals surface area contributed by atoms with Gasteiger partial charge in [0.2, 0.25) is 0 Å². The average molecular weight is 435 g/mol. The van der Waals surface area contributed by atoms with E-state index in [0.29, 0.717) is 42.3 Å². The number of aromatic nitrogens is 3. The number of hydrogen-bond donors (Lipinski definition) is 2. The molecule has 2 amide bonds. The fourth-order valence-electron chi connectivity index (χ4n) is 2.70. The largest absolute Gasteiger partial charge is 0.497 e. The molecule has 0 aliphatic carbocycles. The summed E-state index contributed by atoms with van der Waals surface area (Å²) in [6.45, 7) is 0.707. The van der Waals surface area contributed by atoms with Gasteiger partial charge in [0.15, 0.2) is 5.82 Å². The molecule has 0 radical (unpaired) electrons. The highest BCUT2D eigenvalue weighted by Gasteiger charge is 2.37. The van der Waals surface area contributed by atoms with Crippen molar-refractivity contribution in [1.82, 2.24) is 20.1 Å². The van der Waals surface area contributed by atoms with Crippen LogP contribution in [-0.4, -0.2) is 41.1 Å². The van der Waals surface area contributed by atoms with Crippen LogP contribution in [0.1, 0.15) is 12.2 Å². The minimum absolute atomic E-state index is 0.0368. The lowest BCUT2D eigenvalue weighted by Crippen LogP contribution is -2.30. The van der Waals surface area contributed by atoms with Gasteiger partial charge < -0.3 is 20.5 Å². The number of hydrogen-bond acceptors (Lipinski definition) is 5. The fourth-order valence-corrected chi connectivity index (χ4v) is 2.70. The summed E-state index contributed by atoms with van der Waals surface area (Å²) in [4.78, 5) is 14.3. The van der Waals surface area contributed by atoms with Gasteiger partial charge in [0, 0.05) is 12.1 Å². The molecule has 0 atom stereocenters. The molecule has 0 aliphatic heterocycles. The van der Waals surface area contributed by atoms with E-state index in [1.54, 1.807) is 48.5 Å². The van der Waals surface area contributed by atoms with Crippen LogP contribution in [-0.2, 0) is 6.18 Å². The van der Waals surface area contributed by atoms with Crippen molar-refractivity contribution < 1.29 is 27.4 Å². The second-order valence-corrected chi connectivity index (χ2v) is 6.38. The van der Waals surface area contributed by atoms with Crippen molar-refractivity contribution in [2.75, 3.05) is 20.3 Å². The monoisotopic (exact) mass is 435 g/mol. The van der Waals surface area contributed by atoms with E-state index in [1.165, 1.54) is 7.11 Å². The minimum atomic E-state index is -4.69. The van der Waals surface area contributed by atoms with E-state index in [1.807, 2.05) is 0 Å². The number of nitrogens with one attached hydrogen (secondary N) is 1. The lowest BCUT2D eigenvalue weighted by Gasteiger charge is -2.09. The number of urea groups is 1. The van der Waals surface area contributed by atoms with Crippen LogP contribution >= 0.6 is 0 Å². The molecule has 0 aliphatic rings. The molecule has 0 bridgehead atoms. The van der Waals surface area contributed by atoms with Crippen molar-refractivity contribution in [1.29, 1.82) is 0 Å². The van der Waals surface area contributed by atoms with Gasteiger partial charge in [-0.25, -0.2) is 14.5 Å². The van der Waals surface area contributed by atoms with Gasteiger partial charge in [-0.1, -0.05) is 0 Å². The Kier molecular flexibility index (Phi) is 6.63. The van der Waals surface area contributed by atoms with Gasteiger partial charge in [-0.3, -0.25) is 0 Å². The van der Waals surface area contributed by atoms with Crippen LogP contribution in [0.3, 0.4) is 0 Å². The number of primary amides is 1. The quantitative estimate of drug-likeness (QED) is 0.528. The molecule has 164 valence electrons. The van der Waals surface area contributed by atoms with E-state index in [0.717, 1.165) is 4.68 Å². The first-order valence-electron chi connectivity index (χ1n) is 9.23. The number of carbonyl (C=O) groups excluding carboxylic acids is 1. The maximum Gasteiger partial charge on any atom is 0.453 e. The van der Waals surface area contributed by atoms with E-state index < -0.39 is 18.0 Å². The molecule has 3 aromatic rings. The summed E-state index contributed by atoms with van der Waals surface area (Å²) in [6, 6.07) is 12.3. The van der Waals surface area contributed by atoms with Crippen LogP contribution in [0.2, 0.25) is 0 Å². The standard InChI is InChI=1S/C20H20F3N5O3/c1-30-15-9-5-14(6-10-15)28-17(26-18(27-28)20(21,22)23)13-3-7-16(8-4-13)31-12-2-11-25-19(24)29/h3-10H,2,11-12H2,1H3,(H3,24,25,29). The molecule has 1 heterocycles. The number of amides is 2. The third-order valence-corrected chi connectivity index (χ3v) is 4.18. The molecule has 0 saturated carbocycles. The highest BCUT2D eigenvalue weighted by Crippen LogP contribution is 2.31. The number of methoxy groups -OCH3 is 1. The lowest BCUT2D eigenvalue weighted by molar-refractivity contribution is -0.144. The van der Waals surface area contributed by atoms with Crippen molar-refractivity contribution in [3.63, 3.8) is 0 Å². The smallest absolute Gasteiger partial charge is 0.453 e.